The maximum Gasteiger partial charge on any atom is 0.0782 e. The van der Waals surface area contributed by atoms with Crippen LogP contribution in [0.4, 0.5) is 0 Å². The number of carboxylic acid groups (broad SMARTS) is 1. The number of carbonyl (C=O) groups excluding carboxylic acids is 1. The average molecular weight is 810 g/mol. The summed E-state index contributed by atoms with van der Waals surface area (Å²) in [5.41, 5.74) is 0.220. The first-order chi connectivity index (χ1) is 26.5. The molecule has 0 heterocycles. The minimum atomic E-state index is -1.13. The summed E-state index contributed by atoms with van der Waals surface area (Å²) < 4.78 is 2.48. The van der Waals surface area contributed by atoms with Gasteiger partial charge in [-0.05, 0) is 56.9 Å². The molecule has 0 fully saturated rings. The fourth-order valence-electron chi connectivity index (χ4n) is 7.49. The third kappa shape index (κ3) is 47.3. The van der Waals surface area contributed by atoms with Crippen LogP contribution in [0.3, 0.4) is 0 Å². The van der Waals surface area contributed by atoms with E-state index in [1.165, 1.54) is 253 Å². The number of carbonyl (C=O) groups is 1. The fourth-order valence-corrected chi connectivity index (χ4v) is 7.49. The Morgan fingerprint density at radius 2 is 0.571 bits per heavy atom. The van der Waals surface area contributed by atoms with Crippen molar-refractivity contribution >= 4 is 5.97 Å². The molecule has 0 unspecified atom stereocenters. The number of hydrogen-bond donors (Lipinski definition) is 0. The van der Waals surface area contributed by atoms with Gasteiger partial charge < -0.3 is 31.3 Å². The van der Waals surface area contributed by atoms with E-state index in [0.29, 0.717) is 0 Å². The second kappa shape index (κ2) is 45.0. The molecule has 0 saturated carbocycles. The van der Waals surface area contributed by atoms with Gasteiger partial charge in [-0.25, -0.2) is 0 Å². The Bertz CT molecular complexity index is 799. The molecule has 0 spiro atoms. The Kier molecular flexibility index (Phi) is 47.6. The Balaban J connectivity index is -0.000000808. The minimum Gasteiger partial charge on any atom is -1.00 e. The molecule has 334 valence electrons. The number of carboxylic acids is 1. The van der Waals surface area contributed by atoms with Crippen LogP contribution >= 0.6 is 0 Å². The molecule has 1 aromatic carbocycles. The van der Waals surface area contributed by atoms with Crippen molar-refractivity contribution in [3.63, 3.8) is 0 Å². The molecule has 0 radical (unpaired) electrons. The molecule has 0 N–H and O–H groups in total. The molecule has 56 heavy (non-hydrogen) atoms. The van der Waals surface area contributed by atoms with E-state index < -0.39 is 5.97 Å². The second-order valence-electron chi connectivity index (χ2n) is 18.3. The Hall–Kier alpha value is -1.10. The highest BCUT2D eigenvalue weighted by atomic mass is 35.5. The molecule has 0 aliphatic rings. The third-order valence-electron chi connectivity index (χ3n) is 11.5. The molecule has 1 aromatic rings. The lowest BCUT2D eigenvalue weighted by molar-refractivity contribution is -0.890. The molecule has 0 aliphatic heterocycles. The number of nitrogens with zero attached hydrogens (tertiary/aromatic N) is 2. The van der Waals surface area contributed by atoms with Crippen LogP contribution in [0.25, 0.3) is 0 Å². The smallest absolute Gasteiger partial charge is 0.0782 e. The van der Waals surface area contributed by atoms with Gasteiger partial charge in [0.05, 0.1) is 60.3 Å². The molecule has 4 nitrogen and oxygen atoms in total. The zero-order valence-electron chi connectivity index (χ0n) is 39.4. The van der Waals surface area contributed by atoms with E-state index in [9.17, 15) is 9.90 Å². The van der Waals surface area contributed by atoms with E-state index in [2.05, 4.69) is 55.9 Å². The van der Waals surface area contributed by atoms with Crippen LogP contribution in [0.15, 0.2) is 30.3 Å². The van der Waals surface area contributed by atoms with Crippen LogP contribution < -0.4 is 17.5 Å². The van der Waals surface area contributed by atoms with Gasteiger partial charge in [-0.2, -0.15) is 0 Å². The first kappa shape index (κ1) is 59.2. The third-order valence-corrected chi connectivity index (χ3v) is 11.5. The zero-order valence-corrected chi connectivity index (χ0v) is 40.2. The van der Waals surface area contributed by atoms with E-state index in [4.69, 9.17) is 0 Å². The summed E-state index contributed by atoms with van der Waals surface area (Å²) in [6, 6.07) is 8.06. The van der Waals surface area contributed by atoms with Crippen molar-refractivity contribution in [2.45, 2.75) is 233 Å². The summed E-state index contributed by atoms with van der Waals surface area (Å²) in [4.78, 5) is 10.1. The van der Waals surface area contributed by atoms with Gasteiger partial charge in [-0.15, -0.1) is 0 Å². The van der Waals surface area contributed by atoms with Crippen LogP contribution in [-0.2, 0) is 0 Å². The zero-order chi connectivity index (χ0) is 41.1. The first-order valence-corrected chi connectivity index (χ1v) is 24.5. The first-order valence-electron chi connectivity index (χ1n) is 24.5. The van der Waals surface area contributed by atoms with Crippen LogP contribution in [0.5, 0.6) is 0 Å². The molecule has 0 bridgehead atoms. The highest BCUT2D eigenvalue weighted by molar-refractivity contribution is 5.85. The Labute approximate surface area is 359 Å². The molecule has 0 amide bonds. The molecule has 0 saturated heterocycles. The molecule has 0 atom stereocenters. The van der Waals surface area contributed by atoms with Crippen LogP contribution in [0, 0.1) is 0 Å². The van der Waals surface area contributed by atoms with E-state index in [1.807, 2.05) is 0 Å². The summed E-state index contributed by atoms with van der Waals surface area (Å²) in [5, 5.41) is 10.1. The lowest BCUT2D eigenvalue weighted by Gasteiger charge is -2.30. The Morgan fingerprint density at radius 1 is 0.375 bits per heavy atom. The molecular weight excluding hydrogens is 708 g/mol. The van der Waals surface area contributed by atoms with Gasteiger partial charge in [0, 0.05) is 0 Å². The van der Waals surface area contributed by atoms with Crippen molar-refractivity contribution in [2.75, 3.05) is 54.4 Å². The van der Waals surface area contributed by atoms with Crippen molar-refractivity contribution in [3.05, 3.63) is 35.9 Å². The van der Waals surface area contributed by atoms with Gasteiger partial charge in [-0.1, -0.05) is 212 Å². The molecule has 1 rings (SSSR count). The number of halogens is 1. The summed E-state index contributed by atoms with van der Waals surface area (Å²) in [5.74, 6) is -1.13. The van der Waals surface area contributed by atoms with Gasteiger partial charge in [-0.3, -0.25) is 0 Å². The number of aromatic carboxylic acids is 1. The molecule has 5 heteroatoms. The van der Waals surface area contributed by atoms with Crippen molar-refractivity contribution < 1.29 is 31.3 Å². The van der Waals surface area contributed by atoms with Gasteiger partial charge in [0.15, 0.2) is 0 Å². The highest BCUT2D eigenvalue weighted by Gasteiger charge is 2.14. The number of benzene rings is 1. The van der Waals surface area contributed by atoms with Gasteiger partial charge in [0.25, 0.3) is 0 Å². The summed E-state index contributed by atoms with van der Waals surface area (Å²) >= 11 is 0. The summed E-state index contributed by atoms with van der Waals surface area (Å²) in [7, 11) is 9.73. The van der Waals surface area contributed by atoms with E-state index in [-0.39, 0.29) is 18.0 Å². The highest BCUT2D eigenvalue weighted by Crippen LogP contribution is 2.15. The van der Waals surface area contributed by atoms with Gasteiger partial charge >= 0.3 is 0 Å². The van der Waals surface area contributed by atoms with Crippen molar-refractivity contribution in [1.29, 1.82) is 0 Å². The fraction of sp³-hybridized carbons (Fsp3) is 0.863. The minimum absolute atomic E-state index is 0. The second-order valence-corrected chi connectivity index (χ2v) is 18.3. The van der Waals surface area contributed by atoms with Crippen LogP contribution in [0.1, 0.15) is 244 Å². The number of rotatable bonds is 37. The van der Waals surface area contributed by atoms with Gasteiger partial charge in [0.1, 0.15) is 0 Å². The van der Waals surface area contributed by atoms with Crippen LogP contribution in [0.2, 0.25) is 0 Å². The standard InChI is InChI=1S/2C22H48N.C7H6O2.ClH/c2*1-5-7-9-11-13-15-17-19-21-23(3,4)22-20-18-16-14-12-10-8-6-2;8-7(9)6-4-2-1-3-5-6;/h2*5-22H2,1-4H3;1-5H,(H,8,9);1H/q2*+1;;/p-2. The van der Waals surface area contributed by atoms with Crippen molar-refractivity contribution in [2.24, 2.45) is 0 Å². The maximum absolute atomic E-state index is 10.1. The lowest BCUT2D eigenvalue weighted by atomic mass is 10.1. The molecule has 0 aliphatic carbocycles. The van der Waals surface area contributed by atoms with Crippen LogP contribution in [-0.4, -0.2) is 69.3 Å². The van der Waals surface area contributed by atoms with E-state index in [0.717, 1.165) is 0 Å². The van der Waals surface area contributed by atoms with Crippen molar-refractivity contribution in [1.82, 2.24) is 0 Å². The normalized spacial score (nSPS) is 11.3. The van der Waals surface area contributed by atoms with Crippen molar-refractivity contribution in [3.8, 4) is 0 Å². The monoisotopic (exact) mass is 809 g/mol. The van der Waals surface area contributed by atoms with E-state index >= 15 is 0 Å². The number of unbranched alkanes of at least 4 members (excludes halogenated alkanes) is 28. The summed E-state index contributed by atoms with van der Waals surface area (Å²) in [6.07, 6.45) is 46.1. The Morgan fingerprint density at radius 3 is 0.750 bits per heavy atom. The summed E-state index contributed by atoms with van der Waals surface area (Å²) in [6.45, 7) is 14.7. The SMILES string of the molecule is CCCCCCCCCC[N+](C)(C)CCCCCCCCCC.CCCCCCCCCC[N+](C)(C)CCCCCCCCCC.O=C([O-])c1ccccc1.[Cl-]. The van der Waals surface area contributed by atoms with E-state index in [1.54, 1.807) is 18.2 Å². The quantitative estimate of drug-likeness (QED) is 0.0496. The predicted molar refractivity (Wildman–Crippen MR) is 245 cm³/mol. The topological polar surface area (TPSA) is 40.1 Å². The molecule has 0 aromatic heterocycles. The number of hydrogen-bond acceptors (Lipinski definition) is 2. The predicted octanol–water partition coefficient (Wildman–Crippen LogP) is 11.7. The average Bonchev–Trinajstić information content (AvgIpc) is 3.16. The maximum atomic E-state index is 10.1. The number of quaternary nitrogens is 2. The van der Waals surface area contributed by atoms with Gasteiger partial charge in [0.2, 0.25) is 0 Å². The lowest BCUT2D eigenvalue weighted by Crippen LogP contribution is -3.00. The largest absolute Gasteiger partial charge is 1.00 e. The molecular formula is C51H101ClN2O2.